The van der Waals surface area contributed by atoms with E-state index in [0.29, 0.717) is 13.1 Å². The Balaban J connectivity index is 2.59. The molecule has 90 valence electrons. The van der Waals surface area contributed by atoms with Gasteiger partial charge < -0.3 is 10.1 Å². The molecule has 0 aliphatic heterocycles. The van der Waals surface area contributed by atoms with Crippen molar-refractivity contribution in [3.63, 3.8) is 0 Å². The number of aryl methyl sites for hydroxylation is 1. The highest BCUT2D eigenvalue weighted by Gasteiger charge is 2.10. The predicted molar refractivity (Wildman–Crippen MR) is 62.9 cm³/mol. The summed E-state index contributed by atoms with van der Waals surface area (Å²) in [6.07, 6.45) is 0.131. The van der Waals surface area contributed by atoms with Crippen LogP contribution < -0.4 is 4.87 Å². The quantitative estimate of drug-likeness (QED) is 0.784. The van der Waals surface area contributed by atoms with Crippen molar-refractivity contribution in [3.05, 3.63) is 20.2 Å². The first-order valence-corrected chi connectivity index (χ1v) is 5.97. The molecule has 0 amide bonds. The minimum Gasteiger partial charge on any atom is -0.481 e. The molecule has 0 fully saturated rings. The van der Waals surface area contributed by atoms with Gasteiger partial charge in [-0.15, -0.1) is 0 Å². The molecule has 0 unspecified atom stereocenters. The van der Waals surface area contributed by atoms with Gasteiger partial charge in [-0.3, -0.25) is 14.5 Å². The second-order valence-corrected chi connectivity index (χ2v) is 4.64. The summed E-state index contributed by atoms with van der Waals surface area (Å²) in [5.41, 5.74) is 0.878. The number of aromatic nitrogens is 1. The van der Waals surface area contributed by atoms with Crippen LogP contribution in [0.1, 0.15) is 23.9 Å². The van der Waals surface area contributed by atoms with Crippen LogP contribution in [-0.2, 0) is 11.3 Å². The summed E-state index contributed by atoms with van der Waals surface area (Å²) in [4.78, 5) is 27.2. The summed E-state index contributed by atoms with van der Waals surface area (Å²) in [7, 11) is 0. The van der Waals surface area contributed by atoms with Gasteiger partial charge in [0, 0.05) is 23.7 Å². The maximum absolute atomic E-state index is 11.1. The smallest absolute Gasteiger partial charge is 0.304 e. The van der Waals surface area contributed by atoms with E-state index in [2.05, 4.69) is 4.98 Å². The Labute approximate surface area is 97.7 Å². The molecule has 1 heterocycles. The molecule has 1 rings (SSSR count). The zero-order chi connectivity index (χ0) is 12.1. The number of nitrogens with zero attached hydrogens (tertiary/aromatic N) is 1. The Bertz CT molecular complexity index is 410. The van der Waals surface area contributed by atoms with Crippen molar-refractivity contribution in [1.29, 1.82) is 0 Å². The van der Waals surface area contributed by atoms with Gasteiger partial charge >= 0.3 is 10.8 Å². The molecule has 0 aliphatic carbocycles. The average Bonchev–Trinajstić information content (AvgIpc) is 2.51. The Morgan fingerprint density at radius 2 is 2.25 bits per heavy atom. The van der Waals surface area contributed by atoms with Crippen LogP contribution in [0, 0.1) is 6.92 Å². The summed E-state index contributed by atoms with van der Waals surface area (Å²) >= 11 is 1.19. The second kappa shape index (κ2) is 5.81. The zero-order valence-electron chi connectivity index (χ0n) is 9.45. The molecule has 0 aliphatic rings. The number of rotatable bonds is 6. The molecular formula is C10H16N2O3S. The first kappa shape index (κ1) is 12.9. The van der Waals surface area contributed by atoms with Crippen LogP contribution in [0.4, 0.5) is 0 Å². The maximum atomic E-state index is 11.1. The van der Waals surface area contributed by atoms with Crippen molar-refractivity contribution in [1.82, 2.24) is 9.88 Å². The maximum Gasteiger partial charge on any atom is 0.304 e. The van der Waals surface area contributed by atoms with Gasteiger partial charge in [0.05, 0.1) is 6.42 Å². The molecule has 0 bridgehead atoms. The van der Waals surface area contributed by atoms with E-state index in [1.54, 1.807) is 0 Å². The lowest BCUT2D eigenvalue weighted by molar-refractivity contribution is -0.137. The van der Waals surface area contributed by atoms with Crippen LogP contribution in [0.25, 0.3) is 0 Å². The molecule has 0 spiro atoms. The highest BCUT2D eigenvalue weighted by Crippen LogP contribution is 2.11. The molecule has 2 N–H and O–H groups in total. The van der Waals surface area contributed by atoms with Crippen molar-refractivity contribution in [2.24, 2.45) is 0 Å². The van der Waals surface area contributed by atoms with Gasteiger partial charge in [0.2, 0.25) is 0 Å². The summed E-state index contributed by atoms with van der Waals surface area (Å²) in [5, 5.41) is 8.60. The molecule has 5 nitrogen and oxygen atoms in total. The highest BCUT2D eigenvalue weighted by molar-refractivity contribution is 7.09. The number of nitrogens with one attached hydrogen (secondary N) is 1. The van der Waals surface area contributed by atoms with Crippen LogP contribution in [0.2, 0.25) is 0 Å². The molecule has 16 heavy (non-hydrogen) atoms. The third kappa shape index (κ3) is 3.79. The third-order valence-electron chi connectivity index (χ3n) is 2.38. The molecule has 0 radical (unpaired) electrons. The third-order valence-corrected chi connectivity index (χ3v) is 3.35. The van der Waals surface area contributed by atoms with Gasteiger partial charge in [-0.25, -0.2) is 0 Å². The Morgan fingerprint density at radius 3 is 2.69 bits per heavy atom. The van der Waals surface area contributed by atoms with Crippen LogP contribution in [0.15, 0.2) is 4.79 Å². The number of hydrogen-bond acceptors (Lipinski definition) is 4. The van der Waals surface area contributed by atoms with Gasteiger partial charge in [-0.2, -0.15) is 0 Å². The zero-order valence-corrected chi connectivity index (χ0v) is 10.3. The van der Waals surface area contributed by atoms with E-state index in [1.807, 2.05) is 18.7 Å². The van der Waals surface area contributed by atoms with Gasteiger partial charge in [-0.1, -0.05) is 18.3 Å². The Morgan fingerprint density at radius 1 is 1.56 bits per heavy atom. The lowest BCUT2D eigenvalue weighted by Gasteiger charge is -2.18. The second-order valence-electron chi connectivity index (χ2n) is 3.58. The summed E-state index contributed by atoms with van der Waals surface area (Å²) in [6.45, 7) is 5.76. The minimum absolute atomic E-state index is 0.0539. The lowest BCUT2D eigenvalue weighted by atomic mass is 10.3. The number of aromatic amines is 1. The number of H-pyrrole nitrogens is 1. The van der Waals surface area contributed by atoms with Crippen LogP contribution in [0.3, 0.4) is 0 Å². The summed E-state index contributed by atoms with van der Waals surface area (Å²) in [6, 6.07) is 0. The van der Waals surface area contributed by atoms with Crippen LogP contribution >= 0.6 is 11.3 Å². The summed E-state index contributed by atoms with van der Waals surface area (Å²) < 4.78 is 0. The number of aliphatic carboxylic acids is 1. The van der Waals surface area contributed by atoms with E-state index in [4.69, 9.17) is 5.11 Å². The van der Waals surface area contributed by atoms with Crippen molar-refractivity contribution in [3.8, 4) is 0 Å². The first-order chi connectivity index (χ1) is 7.52. The monoisotopic (exact) mass is 244 g/mol. The lowest BCUT2D eigenvalue weighted by Crippen LogP contribution is -2.25. The standard InChI is InChI=1S/C10H16N2O3S/c1-3-12(5-4-9(13)14)6-8-7(2)11-10(15)16-8/h3-6H2,1-2H3,(H,11,15)(H,13,14). The molecule has 0 aromatic carbocycles. The molecule has 6 heteroatoms. The average molecular weight is 244 g/mol. The van der Waals surface area contributed by atoms with Gasteiger partial charge in [0.15, 0.2) is 0 Å². The fraction of sp³-hybridized carbons (Fsp3) is 0.600. The van der Waals surface area contributed by atoms with E-state index >= 15 is 0 Å². The molecule has 0 saturated heterocycles. The van der Waals surface area contributed by atoms with E-state index < -0.39 is 5.97 Å². The summed E-state index contributed by atoms with van der Waals surface area (Å²) in [5.74, 6) is -0.794. The van der Waals surface area contributed by atoms with E-state index in [9.17, 15) is 9.59 Å². The number of carboxylic acids is 1. The van der Waals surface area contributed by atoms with Gasteiger partial charge in [-0.05, 0) is 13.5 Å². The van der Waals surface area contributed by atoms with Crippen LogP contribution in [-0.4, -0.2) is 34.0 Å². The van der Waals surface area contributed by atoms with Crippen molar-refractivity contribution in [2.75, 3.05) is 13.1 Å². The predicted octanol–water partition coefficient (Wildman–Crippen LogP) is 1.04. The van der Waals surface area contributed by atoms with Crippen molar-refractivity contribution in [2.45, 2.75) is 26.8 Å². The molecule has 1 aromatic rings. The van der Waals surface area contributed by atoms with Crippen LogP contribution in [0.5, 0.6) is 0 Å². The highest BCUT2D eigenvalue weighted by atomic mass is 32.1. The molecule has 0 saturated carbocycles. The number of carboxylic acid groups (broad SMARTS) is 1. The number of thiazole rings is 1. The van der Waals surface area contributed by atoms with E-state index in [1.165, 1.54) is 11.3 Å². The fourth-order valence-electron chi connectivity index (χ4n) is 1.39. The normalized spacial score (nSPS) is 10.9. The Hall–Kier alpha value is -1.14. The minimum atomic E-state index is -0.794. The fourth-order valence-corrected chi connectivity index (χ4v) is 2.27. The van der Waals surface area contributed by atoms with Gasteiger partial charge in [0.1, 0.15) is 0 Å². The SMILES string of the molecule is CCN(CCC(=O)O)Cc1sc(=O)[nH]c1C. The Kier molecular flexibility index (Phi) is 4.70. The number of carbonyl (C=O) groups is 1. The molecule has 1 aromatic heterocycles. The van der Waals surface area contributed by atoms with Gasteiger partial charge in [0.25, 0.3) is 0 Å². The molecule has 0 atom stereocenters. The number of hydrogen-bond donors (Lipinski definition) is 2. The molecular weight excluding hydrogens is 228 g/mol. The first-order valence-electron chi connectivity index (χ1n) is 5.15. The van der Waals surface area contributed by atoms with E-state index in [0.717, 1.165) is 17.1 Å². The topological polar surface area (TPSA) is 73.4 Å². The largest absolute Gasteiger partial charge is 0.481 e. The van der Waals surface area contributed by atoms with E-state index in [-0.39, 0.29) is 11.3 Å². The van der Waals surface area contributed by atoms with Crippen molar-refractivity contribution < 1.29 is 9.90 Å². The van der Waals surface area contributed by atoms with Crippen molar-refractivity contribution >= 4 is 17.3 Å².